The summed E-state index contributed by atoms with van der Waals surface area (Å²) in [4.78, 5) is 13.4. The maximum Gasteiger partial charge on any atom is 0.220 e. The van der Waals surface area contributed by atoms with Crippen LogP contribution in [0.25, 0.3) is 0 Å². The summed E-state index contributed by atoms with van der Waals surface area (Å²) in [6, 6.07) is -0.980. The van der Waals surface area contributed by atoms with Gasteiger partial charge in [0.25, 0.3) is 0 Å². The molecular formula is C68H125NO18. The molecule has 3 heterocycles. The lowest BCUT2D eigenvalue weighted by atomic mass is 9.96. The fraction of sp³-hybridized carbons (Fsp3) is 0.897. The summed E-state index contributed by atoms with van der Waals surface area (Å²) in [5.41, 5.74) is 0. The summed E-state index contributed by atoms with van der Waals surface area (Å²) in [5.74, 6) is -0.288. The number of carbonyl (C=O) groups excluding carboxylic acids is 1. The SMILES string of the molecule is CCCC/C=C\C/C=C\CCCCCCCC(=O)NC(COC1OC(CO)C(OC2OC(CO)C(OC3OC(CO)C(O)C(O)C3O)C(O)C2O)C(O)C1O)C(O)/C=C/CCCCCCCCCCCCCCCCCCCCCCCCCCCC. The molecule has 19 nitrogen and oxygen atoms in total. The van der Waals surface area contributed by atoms with Gasteiger partial charge >= 0.3 is 0 Å². The number of carbonyl (C=O) groups is 1. The van der Waals surface area contributed by atoms with E-state index in [0.29, 0.717) is 6.42 Å². The molecule has 0 bridgehead atoms. The van der Waals surface area contributed by atoms with Crippen molar-refractivity contribution in [3.8, 4) is 0 Å². The zero-order chi connectivity index (χ0) is 63.3. The van der Waals surface area contributed by atoms with E-state index < -0.39 is 124 Å². The largest absolute Gasteiger partial charge is 0.394 e. The van der Waals surface area contributed by atoms with Crippen LogP contribution in [0.1, 0.15) is 258 Å². The summed E-state index contributed by atoms with van der Waals surface area (Å²) in [6.07, 6.45) is 31.4. The molecule has 17 unspecified atom stereocenters. The van der Waals surface area contributed by atoms with Gasteiger partial charge in [0.05, 0.1) is 38.6 Å². The number of hydrogen-bond acceptors (Lipinski definition) is 18. The van der Waals surface area contributed by atoms with Crippen LogP contribution in [0.4, 0.5) is 0 Å². The zero-order valence-electron chi connectivity index (χ0n) is 53.8. The van der Waals surface area contributed by atoms with Crippen LogP contribution >= 0.6 is 0 Å². The monoisotopic (exact) mass is 1240 g/mol. The van der Waals surface area contributed by atoms with Crippen molar-refractivity contribution in [3.05, 3.63) is 36.5 Å². The zero-order valence-corrected chi connectivity index (χ0v) is 53.8. The second kappa shape index (κ2) is 50.6. The van der Waals surface area contributed by atoms with E-state index in [4.69, 9.17) is 28.4 Å². The topological polar surface area (TPSA) is 307 Å². The van der Waals surface area contributed by atoms with Crippen LogP contribution in [0.3, 0.4) is 0 Å². The summed E-state index contributed by atoms with van der Waals surface area (Å²) >= 11 is 0. The number of amides is 1. The Bertz CT molecular complexity index is 1720. The predicted octanol–water partition coefficient (Wildman–Crippen LogP) is 8.83. The fourth-order valence-corrected chi connectivity index (χ4v) is 11.7. The quantitative estimate of drug-likeness (QED) is 0.0200. The van der Waals surface area contributed by atoms with E-state index in [1.807, 2.05) is 6.08 Å². The Balaban J connectivity index is 1.42. The third-order valence-electron chi connectivity index (χ3n) is 17.4. The minimum Gasteiger partial charge on any atom is -0.394 e. The lowest BCUT2D eigenvalue weighted by Gasteiger charge is -2.48. The van der Waals surface area contributed by atoms with Gasteiger partial charge in [0.1, 0.15) is 73.2 Å². The van der Waals surface area contributed by atoms with Crippen molar-refractivity contribution in [2.75, 3.05) is 26.4 Å². The van der Waals surface area contributed by atoms with E-state index in [2.05, 4.69) is 43.5 Å². The first kappa shape index (κ1) is 79.2. The van der Waals surface area contributed by atoms with E-state index in [9.17, 15) is 61.0 Å². The highest BCUT2D eigenvalue weighted by Gasteiger charge is 2.53. The van der Waals surface area contributed by atoms with Gasteiger partial charge in [-0.1, -0.05) is 243 Å². The molecule has 0 spiro atoms. The highest BCUT2D eigenvalue weighted by Crippen LogP contribution is 2.33. The van der Waals surface area contributed by atoms with Crippen LogP contribution in [-0.4, -0.2) is 193 Å². The highest BCUT2D eigenvalue weighted by atomic mass is 16.8. The van der Waals surface area contributed by atoms with Crippen molar-refractivity contribution in [1.29, 1.82) is 0 Å². The Morgan fingerprint density at radius 3 is 1.21 bits per heavy atom. The second-order valence-corrected chi connectivity index (χ2v) is 25.0. The molecule has 3 rings (SSSR count). The van der Waals surface area contributed by atoms with Crippen LogP contribution in [-0.2, 0) is 33.2 Å². The van der Waals surface area contributed by atoms with Crippen molar-refractivity contribution >= 4 is 5.91 Å². The summed E-state index contributed by atoms with van der Waals surface area (Å²) < 4.78 is 34.3. The number of ether oxygens (including phenoxy) is 6. The second-order valence-electron chi connectivity index (χ2n) is 25.0. The van der Waals surface area contributed by atoms with Crippen molar-refractivity contribution in [2.45, 2.75) is 362 Å². The van der Waals surface area contributed by atoms with Gasteiger partial charge in [-0.2, -0.15) is 0 Å². The first-order chi connectivity index (χ1) is 42.3. The van der Waals surface area contributed by atoms with Gasteiger partial charge in [-0.25, -0.2) is 0 Å². The van der Waals surface area contributed by atoms with Crippen molar-refractivity contribution in [1.82, 2.24) is 5.32 Å². The minimum absolute atomic E-state index is 0.227. The number of nitrogens with one attached hydrogen (secondary N) is 1. The molecular weight excluding hydrogens is 1120 g/mol. The molecule has 510 valence electrons. The molecule has 87 heavy (non-hydrogen) atoms. The van der Waals surface area contributed by atoms with E-state index in [1.165, 1.54) is 161 Å². The van der Waals surface area contributed by atoms with E-state index in [1.54, 1.807) is 6.08 Å². The number of aliphatic hydroxyl groups is 11. The molecule has 12 N–H and O–H groups in total. The van der Waals surface area contributed by atoms with Crippen molar-refractivity contribution < 1.29 is 89.4 Å². The number of aliphatic hydroxyl groups excluding tert-OH is 11. The molecule has 17 atom stereocenters. The van der Waals surface area contributed by atoms with Crippen molar-refractivity contribution in [2.24, 2.45) is 0 Å². The third-order valence-corrected chi connectivity index (χ3v) is 17.4. The molecule has 3 aliphatic rings. The van der Waals surface area contributed by atoms with Crippen molar-refractivity contribution in [3.63, 3.8) is 0 Å². The predicted molar refractivity (Wildman–Crippen MR) is 337 cm³/mol. The molecule has 0 aromatic carbocycles. The van der Waals surface area contributed by atoms with E-state index in [0.717, 1.165) is 70.6 Å². The Morgan fingerprint density at radius 1 is 0.414 bits per heavy atom. The smallest absolute Gasteiger partial charge is 0.220 e. The molecule has 19 heteroatoms. The Labute approximate surface area is 523 Å². The molecule has 0 radical (unpaired) electrons. The lowest BCUT2D eigenvalue weighted by molar-refractivity contribution is -0.379. The average molecular weight is 1240 g/mol. The fourth-order valence-electron chi connectivity index (χ4n) is 11.7. The maximum atomic E-state index is 13.4. The van der Waals surface area contributed by atoms with Gasteiger partial charge in [-0.3, -0.25) is 4.79 Å². The maximum absolute atomic E-state index is 13.4. The first-order valence-electron chi connectivity index (χ1n) is 34.7. The van der Waals surface area contributed by atoms with Gasteiger partial charge in [0.2, 0.25) is 5.91 Å². The minimum atomic E-state index is -1.98. The van der Waals surface area contributed by atoms with Gasteiger partial charge in [-0.15, -0.1) is 0 Å². The summed E-state index contributed by atoms with van der Waals surface area (Å²) in [6.45, 7) is 1.69. The van der Waals surface area contributed by atoms with Gasteiger partial charge < -0.3 is 89.9 Å². The van der Waals surface area contributed by atoms with E-state index >= 15 is 0 Å². The van der Waals surface area contributed by atoms with Gasteiger partial charge in [0.15, 0.2) is 18.9 Å². The molecule has 0 aromatic heterocycles. The molecule has 0 aliphatic carbocycles. The Morgan fingerprint density at radius 2 is 0.770 bits per heavy atom. The van der Waals surface area contributed by atoms with Crippen LogP contribution in [0, 0.1) is 0 Å². The molecule has 3 saturated heterocycles. The molecule has 0 aromatic rings. The van der Waals surface area contributed by atoms with Gasteiger partial charge in [-0.05, 0) is 44.9 Å². The number of hydrogen-bond donors (Lipinski definition) is 12. The highest BCUT2D eigenvalue weighted by molar-refractivity contribution is 5.76. The molecule has 0 saturated carbocycles. The van der Waals surface area contributed by atoms with Gasteiger partial charge in [0, 0.05) is 6.42 Å². The molecule has 3 fully saturated rings. The van der Waals surface area contributed by atoms with Crippen LogP contribution < -0.4 is 5.32 Å². The van der Waals surface area contributed by atoms with Crippen LogP contribution in [0.2, 0.25) is 0 Å². The number of unbranched alkanes of at least 4 members (excludes halogenated alkanes) is 33. The Hall–Kier alpha value is -1.99. The Kier molecular flexibility index (Phi) is 46.0. The summed E-state index contributed by atoms with van der Waals surface area (Å²) in [7, 11) is 0. The standard InChI is InChI=1S/C68H125NO18/c1-3-5-7-9-11-13-15-17-19-20-21-22-23-24-25-26-27-28-29-30-31-32-33-35-37-39-41-43-45-52(73)51(69-56(74)46-44-42-40-38-36-34-18-16-14-12-10-8-6-4-2)50-82-66-62(80)59(77)64(54(48-71)84-66)87-68-63(81)60(78)65(55(49-72)85-68)86-67-61(79)58(76)57(75)53(47-70)83-67/h10,12,16,18,43,45,51-55,57-68,70-73,75-81H,3-9,11,13-15,17,19-42,44,46-50H2,1-2H3,(H,69,74)/b12-10-,18-16-,45-43+. The van der Waals surface area contributed by atoms with Crippen LogP contribution in [0.15, 0.2) is 36.5 Å². The van der Waals surface area contributed by atoms with Crippen LogP contribution in [0.5, 0.6) is 0 Å². The third kappa shape index (κ3) is 32.9. The number of rotatable bonds is 53. The normalized spacial score (nSPS) is 28.8. The summed E-state index contributed by atoms with van der Waals surface area (Å²) in [5, 5.41) is 120. The lowest BCUT2D eigenvalue weighted by Crippen LogP contribution is -2.66. The number of allylic oxidation sites excluding steroid dienone is 5. The average Bonchev–Trinajstić information content (AvgIpc) is 2.96. The molecule has 3 aliphatic heterocycles. The first-order valence-corrected chi connectivity index (χ1v) is 34.7. The van der Waals surface area contributed by atoms with E-state index in [-0.39, 0.29) is 18.9 Å². The molecule has 1 amide bonds.